The minimum atomic E-state index is -0.223. The van der Waals surface area contributed by atoms with Gasteiger partial charge < -0.3 is 29.6 Å². The molecule has 9 nitrogen and oxygen atoms in total. The molecule has 2 saturated heterocycles. The lowest BCUT2D eigenvalue weighted by Gasteiger charge is -2.28. The third kappa shape index (κ3) is 7.19. The summed E-state index contributed by atoms with van der Waals surface area (Å²) in [6, 6.07) is 25.2. The Morgan fingerprint density at radius 1 is 1.02 bits per heavy atom. The maximum absolute atomic E-state index is 12.6. The van der Waals surface area contributed by atoms with Gasteiger partial charge >= 0.3 is 0 Å². The molecule has 2 fully saturated rings. The quantitative estimate of drug-likeness (QED) is 0.214. The van der Waals surface area contributed by atoms with Gasteiger partial charge in [0.05, 0.1) is 31.0 Å². The number of morpholine rings is 1. The SMILES string of the molecule is Cc1cc([C@H]2[C@@H](c3ccccn3)NC(=S)N2c2ccc(NC(=O)COc3ccccc3)cc2)c(C)n1CCCN1CCOCC1. The first-order valence-electron chi connectivity index (χ1n) is 15.5. The van der Waals surface area contributed by atoms with E-state index in [2.05, 4.69) is 51.0 Å². The number of amides is 1. The monoisotopic (exact) mass is 624 g/mol. The van der Waals surface area contributed by atoms with Crippen LogP contribution in [0.3, 0.4) is 0 Å². The fraction of sp³-hybridized carbons (Fsp3) is 0.343. The molecule has 0 aliphatic carbocycles. The molecular formula is C35H40N6O3S. The van der Waals surface area contributed by atoms with Crippen LogP contribution in [0.25, 0.3) is 0 Å². The zero-order chi connectivity index (χ0) is 31.2. The number of anilines is 2. The molecule has 0 saturated carbocycles. The molecule has 2 aromatic heterocycles. The number of aryl methyl sites for hydroxylation is 1. The number of nitrogens with zero attached hydrogens (tertiary/aromatic N) is 4. The lowest BCUT2D eigenvalue weighted by molar-refractivity contribution is -0.118. The van der Waals surface area contributed by atoms with E-state index in [9.17, 15) is 4.79 Å². The molecule has 0 spiro atoms. The summed E-state index contributed by atoms with van der Waals surface area (Å²) < 4.78 is 13.5. The summed E-state index contributed by atoms with van der Waals surface area (Å²) in [5, 5.41) is 7.14. The zero-order valence-electron chi connectivity index (χ0n) is 25.8. The van der Waals surface area contributed by atoms with Crippen LogP contribution in [0, 0.1) is 13.8 Å². The second-order valence-corrected chi connectivity index (χ2v) is 11.9. The Bertz CT molecular complexity index is 1590. The Morgan fingerprint density at radius 3 is 2.51 bits per heavy atom. The number of ether oxygens (including phenoxy) is 2. The van der Waals surface area contributed by atoms with Gasteiger partial charge in [0.1, 0.15) is 5.75 Å². The molecule has 4 heterocycles. The summed E-state index contributed by atoms with van der Waals surface area (Å²) in [4.78, 5) is 21.9. The molecule has 4 aromatic rings. The Labute approximate surface area is 270 Å². The van der Waals surface area contributed by atoms with Gasteiger partial charge in [-0.15, -0.1) is 0 Å². The molecule has 2 aliphatic rings. The van der Waals surface area contributed by atoms with Crippen molar-refractivity contribution in [1.82, 2.24) is 19.8 Å². The van der Waals surface area contributed by atoms with Crippen molar-refractivity contribution in [3.63, 3.8) is 0 Å². The van der Waals surface area contributed by atoms with Crippen LogP contribution in [0.2, 0.25) is 0 Å². The van der Waals surface area contributed by atoms with Crippen LogP contribution < -0.4 is 20.3 Å². The first-order valence-corrected chi connectivity index (χ1v) is 15.9. The van der Waals surface area contributed by atoms with E-state index in [-0.39, 0.29) is 24.6 Å². The summed E-state index contributed by atoms with van der Waals surface area (Å²) in [5.41, 5.74) is 6.25. The third-order valence-electron chi connectivity index (χ3n) is 8.53. The van der Waals surface area contributed by atoms with Crippen molar-refractivity contribution >= 4 is 34.6 Å². The average molecular weight is 625 g/mol. The van der Waals surface area contributed by atoms with Crippen LogP contribution in [0.4, 0.5) is 11.4 Å². The fourth-order valence-corrected chi connectivity index (χ4v) is 6.61. The molecule has 10 heteroatoms. The van der Waals surface area contributed by atoms with Crippen molar-refractivity contribution in [2.45, 2.75) is 38.9 Å². The van der Waals surface area contributed by atoms with E-state index in [1.807, 2.05) is 72.9 Å². The van der Waals surface area contributed by atoms with Gasteiger partial charge in [-0.1, -0.05) is 24.3 Å². The summed E-state index contributed by atoms with van der Waals surface area (Å²) >= 11 is 5.96. The number of para-hydroxylation sites is 1. The number of aromatic nitrogens is 2. The van der Waals surface area contributed by atoms with Crippen molar-refractivity contribution in [3.05, 3.63) is 108 Å². The smallest absolute Gasteiger partial charge is 0.262 e. The molecule has 0 bridgehead atoms. The highest BCUT2D eigenvalue weighted by atomic mass is 32.1. The van der Waals surface area contributed by atoms with Crippen LogP contribution in [0.5, 0.6) is 5.75 Å². The lowest BCUT2D eigenvalue weighted by Crippen LogP contribution is -2.37. The fourth-order valence-electron chi connectivity index (χ4n) is 6.27. The Morgan fingerprint density at radius 2 is 1.78 bits per heavy atom. The second-order valence-electron chi connectivity index (χ2n) is 11.5. The Balaban J connectivity index is 1.21. The van der Waals surface area contributed by atoms with E-state index in [4.69, 9.17) is 26.7 Å². The number of rotatable bonds is 11. The van der Waals surface area contributed by atoms with Gasteiger partial charge in [-0.25, -0.2) is 0 Å². The van der Waals surface area contributed by atoms with Crippen LogP contribution in [0.15, 0.2) is 85.1 Å². The molecule has 2 N–H and O–H groups in total. The van der Waals surface area contributed by atoms with Crippen molar-refractivity contribution in [2.75, 3.05) is 49.7 Å². The molecule has 45 heavy (non-hydrogen) atoms. The molecular weight excluding hydrogens is 584 g/mol. The second kappa shape index (κ2) is 14.2. The largest absolute Gasteiger partial charge is 0.484 e. The van der Waals surface area contributed by atoms with E-state index < -0.39 is 0 Å². The summed E-state index contributed by atoms with van der Waals surface area (Å²) in [7, 11) is 0. The standard InChI is InChI=1S/C35H40N6O3S/c1-25-23-30(26(2)40(25)18-8-17-39-19-21-43-22-20-39)34-33(31-11-6-7-16-36-31)38-35(45)41(34)28-14-12-27(13-15-28)37-32(42)24-44-29-9-4-3-5-10-29/h3-7,9-16,23,33-34H,8,17-22,24H2,1-2H3,(H,37,42)(H,38,45)/t33-,34+/m1/s1. The first-order chi connectivity index (χ1) is 22.0. The van der Waals surface area contributed by atoms with E-state index in [1.54, 1.807) is 0 Å². The van der Waals surface area contributed by atoms with Gasteiger partial charge in [-0.05, 0) is 92.6 Å². The zero-order valence-corrected chi connectivity index (χ0v) is 26.6. The number of pyridine rings is 1. The number of nitrogens with one attached hydrogen (secondary N) is 2. The number of thiocarbonyl (C=S) groups is 1. The van der Waals surface area contributed by atoms with E-state index >= 15 is 0 Å². The van der Waals surface area contributed by atoms with E-state index in [1.165, 1.54) is 17.0 Å². The van der Waals surface area contributed by atoms with Gasteiger partial charge in [-0.3, -0.25) is 14.7 Å². The van der Waals surface area contributed by atoms with E-state index in [0.717, 1.165) is 57.2 Å². The van der Waals surface area contributed by atoms with Crippen LogP contribution in [0.1, 0.15) is 41.1 Å². The van der Waals surface area contributed by atoms with E-state index in [0.29, 0.717) is 16.5 Å². The minimum Gasteiger partial charge on any atom is -0.484 e. The maximum atomic E-state index is 12.6. The summed E-state index contributed by atoms with van der Waals surface area (Å²) in [5.74, 6) is 0.433. The number of hydrogen-bond acceptors (Lipinski definition) is 6. The molecule has 0 unspecified atom stereocenters. The van der Waals surface area contributed by atoms with Gasteiger partial charge in [0.25, 0.3) is 5.91 Å². The number of carbonyl (C=O) groups excluding carboxylic acids is 1. The molecule has 1 amide bonds. The maximum Gasteiger partial charge on any atom is 0.262 e. The molecule has 2 aromatic carbocycles. The predicted octanol–water partition coefficient (Wildman–Crippen LogP) is 5.42. The highest BCUT2D eigenvalue weighted by molar-refractivity contribution is 7.80. The summed E-state index contributed by atoms with van der Waals surface area (Å²) in [6.45, 7) is 10.00. The van der Waals surface area contributed by atoms with Crippen molar-refractivity contribution in [1.29, 1.82) is 0 Å². The average Bonchev–Trinajstić information content (AvgIpc) is 3.56. The van der Waals surface area contributed by atoms with Crippen LogP contribution in [-0.4, -0.2) is 64.9 Å². The van der Waals surface area contributed by atoms with Gasteiger partial charge in [-0.2, -0.15) is 0 Å². The first kappa shape index (κ1) is 30.8. The number of hydrogen-bond donors (Lipinski definition) is 2. The van der Waals surface area contributed by atoms with Gasteiger partial charge in [0.15, 0.2) is 11.7 Å². The topological polar surface area (TPSA) is 83.9 Å². The molecule has 2 atom stereocenters. The number of carbonyl (C=O) groups is 1. The lowest BCUT2D eigenvalue weighted by atomic mass is 9.96. The molecule has 6 rings (SSSR count). The van der Waals surface area contributed by atoms with Gasteiger partial charge in [0, 0.05) is 55.1 Å². The summed E-state index contributed by atoms with van der Waals surface area (Å²) in [6.07, 6.45) is 2.90. The van der Waals surface area contributed by atoms with Crippen LogP contribution in [-0.2, 0) is 16.1 Å². The predicted molar refractivity (Wildman–Crippen MR) is 181 cm³/mol. The normalized spacial score (nSPS) is 18.5. The van der Waals surface area contributed by atoms with Crippen molar-refractivity contribution in [3.8, 4) is 5.75 Å². The number of benzene rings is 2. The van der Waals surface area contributed by atoms with Crippen molar-refractivity contribution in [2.24, 2.45) is 0 Å². The van der Waals surface area contributed by atoms with Crippen LogP contribution >= 0.6 is 12.2 Å². The Hall–Kier alpha value is -4.25. The Kier molecular flexibility index (Phi) is 9.73. The molecule has 0 radical (unpaired) electrons. The van der Waals surface area contributed by atoms with Crippen molar-refractivity contribution < 1.29 is 14.3 Å². The molecule has 234 valence electrons. The third-order valence-corrected chi connectivity index (χ3v) is 8.85. The highest BCUT2D eigenvalue weighted by Crippen LogP contribution is 2.43. The van der Waals surface area contributed by atoms with Gasteiger partial charge in [0.2, 0.25) is 0 Å². The molecule has 2 aliphatic heterocycles. The minimum absolute atomic E-state index is 0.0677. The highest BCUT2D eigenvalue weighted by Gasteiger charge is 2.42.